The number of rotatable bonds is 2. The first kappa shape index (κ1) is 14.9. The second-order valence-electron chi connectivity index (χ2n) is 7.84. The van der Waals surface area contributed by atoms with Gasteiger partial charge in [-0.3, -0.25) is 4.79 Å². The van der Waals surface area contributed by atoms with Gasteiger partial charge in [0.2, 0.25) is 0 Å². The molecule has 0 aromatic rings. The summed E-state index contributed by atoms with van der Waals surface area (Å²) in [6.45, 7) is 6.55. The lowest BCUT2D eigenvalue weighted by atomic mass is 9.54. The van der Waals surface area contributed by atoms with Gasteiger partial charge in [0, 0.05) is 0 Å². The number of fused-ring (bicyclic) bond motifs is 3. The standard InChI is InChI=1S/C19H28O2/c1-12(2)13-6-8-15-14(11-13)7-9-17-16(15)5-4-10-19(17,3)18(20)21/h7,11-12,15-17H,4-6,8-10H2,1-3H3,(H,20,21)/t15-,16+,17+,19+/m0/s1. The van der Waals surface area contributed by atoms with Gasteiger partial charge >= 0.3 is 5.97 Å². The molecule has 0 radical (unpaired) electrons. The zero-order valence-electron chi connectivity index (χ0n) is 13.6. The molecule has 2 nitrogen and oxygen atoms in total. The number of allylic oxidation sites excluding steroid dienone is 4. The van der Waals surface area contributed by atoms with Crippen molar-refractivity contribution in [2.24, 2.45) is 29.1 Å². The van der Waals surface area contributed by atoms with E-state index in [-0.39, 0.29) is 0 Å². The van der Waals surface area contributed by atoms with Crippen molar-refractivity contribution < 1.29 is 9.90 Å². The van der Waals surface area contributed by atoms with Gasteiger partial charge in [-0.25, -0.2) is 0 Å². The maximum absolute atomic E-state index is 11.8. The van der Waals surface area contributed by atoms with E-state index in [9.17, 15) is 9.90 Å². The van der Waals surface area contributed by atoms with Crippen molar-refractivity contribution in [3.63, 3.8) is 0 Å². The number of hydrogen-bond donors (Lipinski definition) is 1. The zero-order chi connectivity index (χ0) is 15.2. The number of carboxylic acids is 1. The normalized spacial score (nSPS) is 39.1. The Morgan fingerprint density at radius 2 is 2.14 bits per heavy atom. The summed E-state index contributed by atoms with van der Waals surface area (Å²) in [5, 5.41) is 9.71. The van der Waals surface area contributed by atoms with E-state index in [1.54, 1.807) is 5.57 Å². The molecule has 0 aromatic heterocycles. The molecule has 0 spiro atoms. The predicted molar refractivity (Wildman–Crippen MR) is 84.9 cm³/mol. The number of aliphatic carboxylic acids is 1. The van der Waals surface area contributed by atoms with Gasteiger partial charge in [0.15, 0.2) is 0 Å². The van der Waals surface area contributed by atoms with Gasteiger partial charge in [-0.15, -0.1) is 0 Å². The highest BCUT2D eigenvalue weighted by atomic mass is 16.4. The SMILES string of the molecule is CC(C)C1=CC2=CC[C@@H]3[C@H](CCC[C@@]3(C)C(=O)O)[C@H]2CC1. The molecule has 21 heavy (non-hydrogen) atoms. The molecule has 116 valence electrons. The average molecular weight is 288 g/mol. The van der Waals surface area contributed by atoms with Crippen LogP contribution in [0, 0.1) is 29.1 Å². The lowest BCUT2D eigenvalue weighted by Gasteiger charge is -2.50. The topological polar surface area (TPSA) is 37.3 Å². The summed E-state index contributed by atoms with van der Waals surface area (Å²) in [6, 6.07) is 0. The van der Waals surface area contributed by atoms with Gasteiger partial charge in [0.25, 0.3) is 0 Å². The van der Waals surface area contributed by atoms with E-state index in [1.165, 1.54) is 24.8 Å². The molecule has 0 heterocycles. The molecule has 3 aliphatic carbocycles. The van der Waals surface area contributed by atoms with Crippen LogP contribution in [0.15, 0.2) is 23.3 Å². The molecule has 0 bridgehead atoms. The Morgan fingerprint density at radius 3 is 2.81 bits per heavy atom. The second kappa shape index (κ2) is 5.30. The molecular weight excluding hydrogens is 260 g/mol. The van der Waals surface area contributed by atoms with Crippen LogP contribution in [0.1, 0.15) is 59.3 Å². The first-order valence-corrected chi connectivity index (χ1v) is 8.57. The van der Waals surface area contributed by atoms with E-state index >= 15 is 0 Å². The fraction of sp³-hybridized carbons (Fsp3) is 0.737. The first-order chi connectivity index (χ1) is 9.93. The molecule has 2 heteroatoms. The van der Waals surface area contributed by atoms with Crippen LogP contribution in [0.25, 0.3) is 0 Å². The molecule has 1 fully saturated rings. The Morgan fingerprint density at radius 1 is 1.38 bits per heavy atom. The second-order valence-corrected chi connectivity index (χ2v) is 7.84. The molecular formula is C19H28O2. The summed E-state index contributed by atoms with van der Waals surface area (Å²) < 4.78 is 0. The van der Waals surface area contributed by atoms with Crippen molar-refractivity contribution in [1.29, 1.82) is 0 Å². The van der Waals surface area contributed by atoms with Crippen LogP contribution in [0.5, 0.6) is 0 Å². The Labute approximate surface area is 128 Å². The summed E-state index contributed by atoms with van der Waals surface area (Å²) in [5.41, 5.74) is 2.58. The van der Waals surface area contributed by atoms with Crippen molar-refractivity contribution in [2.75, 3.05) is 0 Å². The van der Waals surface area contributed by atoms with Crippen molar-refractivity contribution in [3.05, 3.63) is 23.3 Å². The first-order valence-electron chi connectivity index (χ1n) is 8.57. The van der Waals surface area contributed by atoms with Gasteiger partial charge in [-0.1, -0.05) is 38.0 Å². The van der Waals surface area contributed by atoms with Gasteiger partial charge in [0.1, 0.15) is 0 Å². The van der Waals surface area contributed by atoms with Crippen LogP contribution in [-0.4, -0.2) is 11.1 Å². The molecule has 3 rings (SSSR count). The van der Waals surface area contributed by atoms with Crippen LogP contribution >= 0.6 is 0 Å². The number of hydrogen-bond acceptors (Lipinski definition) is 1. The number of carboxylic acid groups (broad SMARTS) is 1. The Bertz CT molecular complexity index is 500. The van der Waals surface area contributed by atoms with Crippen molar-refractivity contribution in [2.45, 2.75) is 59.3 Å². The monoisotopic (exact) mass is 288 g/mol. The molecule has 3 aliphatic rings. The largest absolute Gasteiger partial charge is 0.481 e. The van der Waals surface area contributed by atoms with E-state index in [4.69, 9.17) is 0 Å². The van der Waals surface area contributed by atoms with Crippen molar-refractivity contribution >= 4 is 5.97 Å². The van der Waals surface area contributed by atoms with Crippen LogP contribution in [0.2, 0.25) is 0 Å². The summed E-state index contributed by atoms with van der Waals surface area (Å²) in [7, 11) is 0. The summed E-state index contributed by atoms with van der Waals surface area (Å²) in [4.78, 5) is 11.8. The van der Waals surface area contributed by atoms with E-state index in [0.717, 1.165) is 19.3 Å². The Hall–Kier alpha value is -1.05. The van der Waals surface area contributed by atoms with E-state index in [1.807, 2.05) is 6.92 Å². The minimum absolute atomic E-state index is 0.339. The molecule has 4 atom stereocenters. The van der Waals surface area contributed by atoms with Crippen molar-refractivity contribution in [1.82, 2.24) is 0 Å². The minimum Gasteiger partial charge on any atom is -0.481 e. The van der Waals surface area contributed by atoms with Gasteiger partial charge in [-0.05, 0) is 68.3 Å². The van der Waals surface area contributed by atoms with Crippen molar-refractivity contribution in [3.8, 4) is 0 Å². The molecule has 0 saturated heterocycles. The molecule has 1 N–H and O–H groups in total. The zero-order valence-corrected chi connectivity index (χ0v) is 13.6. The highest BCUT2D eigenvalue weighted by Crippen LogP contribution is 2.55. The molecule has 1 saturated carbocycles. The van der Waals surface area contributed by atoms with Gasteiger partial charge in [0.05, 0.1) is 5.41 Å². The fourth-order valence-electron chi connectivity index (χ4n) is 5.02. The molecule has 0 amide bonds. The third-order valence-corrected chi connectivity index (χ3v) is 6.45. The quantitative estimate of drug-likeness (QED) is 0.791. The summed E-state index contributed by atoms with van der Waals surface area (Å²) >= 11 is 0. The number of carbonyl (C=O) groups is 1. The van der Waals surface area contributed by atoms with Gasteiger partial charge in [-0.2, -0.15) is 0 Å². The van der Waals surface area contributed by atoms with Crippen LogP contribution in [-0.2, 0) is 4.79 Å². The van der Waals surface area contributed by atoms with E-state index in [0.29, 0.717) is 23.7 Å². The lowest BCUT2D eigenvalue weighted by molar-refractivity contribution is -0.156. The maximum Gasteiger partial charge on any atom is 0.309 e. The van der Waals surface area contributed by atoms with Crippen LogP contribution in [0.4, 0.5) is 0 Å². The smallest absolute Gasteiger partial charge is 0.309 e. The summed E-state index contributed by atoms with van der Waals surface area (Å²) in [5.74, 6) is 1.60. The third kappa shape index (κ3) is 2.37. The minimum atomic E-state index is -0.580. The Balaban J connectivity index is 1.91. The molecule has 0 aromatic carbocycles. The highest BCUT2D eigenvalue weighted by molar-refractivity contribution is 5.75. The van der Waals surface area contributed by atoms with E-state index in [2.05, 4.69) is 26.0 Å². The van der Waals surface area contributed by atoms with Crippen LogP contribution in [0.3, 0.4) is 0 Å². The summed E-state index contributed by atoms with van der Waals surface area (Å²) in [6.07, 6.45) is 11.3. The van der Waals surface area contributed by atoms with Crippen LogP contribution < -0.4 is 0 Å². The fourth-order valence-corrected chi connectivity index (χ4v) is 5.02. The Kier molecular flexibility index (Phi) is 3.75. The average Bonchev–Trinajstić information content (AvgIpc) is 2.46. The lowest BCUT2D eigenvalue weighted by Crippen LogP contribution is -2.47. The molecule has 0 unspecified atom stereocenters. The maximum atomic E-state index is 11.8. The third-order valence-electron chi connectivity index (χ3n) is 6.45. The highest BCUT2D eigenvalue weighted by Gasteiger charge is 2.50. The predicted octanol–water partition coefficient (Wildman–Crippen LogP) is 4.82. The van der Waals surface area contributed by atoms with Gasteiger partial charge < -0.3 is 5.11 Å². The van der Waals surface area contributed by atoms with E-state index < -0.39 is 11.4 Å². The molecule has 0 aliphatic heterocycles.